The number of hydrogen-bond acceptors (Lipinski definition) is 3. The molecule has 0 N–H and O–H groups in total. The fourth-order valence-electron chi connectivity index (χ4n) is 5.41. The molecule has 0 aromatic carbocycles. The molecule has 0 saturated carbocycles. The van der Waals surface area contributed by atoms with Gasteiger partial charge in [-0.2, -0.15) is 0 Å². The van der Waals surface area contributed by atoms with E-state index in [0.717, 1.165) is 44.2 Å². The molecule has 0 fully saturated rings. The van der Waals surface area contributed by atoms with E-state index in [2.05, 4.69) is 26.8 Å². The third-order valence-corrected chi connectivity index (χ3v) is 7.35. The zero-order chi connectivity index (χ0) is 20.9. The monoisotopic (exact) mass is 384 g/mol. The third-order valence-electron chi connectivity index (χ3n) is 7.35. The molecule has 3 atom stereocenters. The number of carbonyl (C=O) groups excluding carboxylic acids is 3. The van der Waals surface area contributed by atoms with Gasteiger partial charge in [0.1, 0.15) is 12.6 Å². The first-order chi connectivity index (χ1) is 13.3. The van der Waals surface area contributed by atoms with Crippen LogP contribution in [0.15, 0.2) is 34.4 Å². The molecule has 0 amide bonds. The van der Waals surface area contributed by atoms with Crippen molar-refractivity contribution in [2.45, 2.75) is 86.0 Å². The summed E-state index contributed by atoms with van der Waals surface area (Å²) in [6.45, 7) is 10.6. The number of ketones is 1. The Hall–Kier alpha value is -1.77. The van der Waals surface area contributed by atoms with Crippen LogP contribution in [0.25, 0.3) is 0 Å². The molecule has 4 aliphatic rings. The Labute approximate surface area is 170 Å². The quantitative estimate of drug-likeness (QED) is 0.526. The lowest BCUT2D eigenvalue weighted by Crippen LogP contribution is -2.37. The standard InChI is InChI=1S/C20H26O.C3H6O.C2H4O/c1-13-4-7-17-16-6-5-14-12-15(21)8-10-20(14,3)18(16)9-11-19(13,17)2;1-2-3-4;1-2-3/h7,12-13H,4-6,8-11H2,1-3H3;3H,2H2,1H3;2H,1H3. The Kier molecular flexibility index (Phi) is 7.36. The van der Waals surface area contributed by atoms with Crippen LogP contribution in [0.1, 0.15) is 86.0 Å². The lowest BCUT2D eigenvalue weighted by Gasteiger charge is -2.49. The fourth-order valence-corrected chi connectivity index (χ4v) is 5.41. The van der Waals surface area contributed by atoms with Crippen LogP contribution in [0.2, 0.25) is 0 Å². The smallest absolute Gasteiger partial charge is 0.155 e. The molecule has 0 aromatic rings. The number of aldehydes is 2. The van der Waals surface area contributed by atoms with Crippen LogP contribution in [0, 0.1) is 16.7 Å². The second-order valence-electron chi connectivity index (χ2n) is 8.91. The van der Waals surface area contributed by atoms with Gasteiger partial charge in [-0.05, 0) is 74.0 Å². The predicted molar refractivity (Wildman–Crippen MR) is 114 cm³/mol. The van der Waals surface area contributed by atoms with Gasteiger partial charge in [0.2, 0.25) is 0 Å². The van der Waals surface area contributed by atoms with Crippen LogP contribution >= 0.6 is 0 Å². The van der Waals surface area contributed by atoms with Gasteiger partial charge in [-0.3, -0.25) is 4.79 Å². The summed E-state index contributed by atoms with van der Waals surface area (Å²) in [4.78, 5) is 29.8. The largest absolute Gasteiger partial charge is 0.304 e. The molecule has 0 bridgehead atoms. The van der Waals surface area contributed by atoms with Crippen LogP contribution in [0.5, 0.6) is 0 Å². The maximum absolute atomic E-state index is 11.8. The number of rotatable bonds is 1. The van der Waals surface area contributed by atoms with Crippen molar-refractivity contribution < 1.29 is 14.4 Å². The van der Waals surface area contributed by atoms with Gasteiger partial charge in [-0.25, -0.2) is 0 Å². The minimum absolute atomic E-state index is 0.190. The SMILES string of the molecule is CC1CC=C2C3=C(CCC21C)C1(C)CCC(=O)C=C1CC3.CC=O.CCC=O. The van der Waals surface area contributed by atoms with Gasteiger partial charge in [0.15, 0.2) is 5.78 Å². The van der Waals surface area contributed by atoms with E-state index in [1.54, 1.807) is 16.7 Å². The Morgan fingerprint density at radius 3 is 2.36 bits per heavy atom. The first-order valence-corrected chi connectivity index (χ1v) is 10.8. The molecule has 0 spiro atoms. The summed E-state index contributed by atoms with van der Waals surface area (Å²) in [5.41, 5.74) is 7.07. The summed E-state index contributed by atoms with van der Waals surface area (Å²) in [7, 11) is 0. The lowest BCUT2D eigenvalue weighted by molar-refractivity contribution is -0.115. The van der Waals surface area contributed by atoms with E-state index >= 15 is 0 Å². The lowest BCUT2D eigenvalue weighted by atomic mass is 9.55. The highest BCUT2D eigenvalue weighted by atomic mass is 16.1. The van der Waals surface area contributed by atoms with Crippen LogP contribution in [-0.2, 0) is 14.4 Å². The van der Waals surface area contributed by atoms with E-state index in [1.807, 2.05) is 13.0 Å². The van der Waals surface area contributed by atoms with Crippen molar-refractivity contribution in [2.75, 3.05) is 0 Å². The van der Waals surface area contributed by atoms with Gasteiger partial charge in [0.05, 0.1) is 0 Å². The molecule has 0 heterocycles. The molecular formula is C25H36O3. The van der Waals surface area contributed by atoms with Gasteiger partial charge in [-0.1, -0.05) is 44.9 Å². The van der Waals surface area contributed by atoms with Crippen LogP contribution in [0.3, 0.4) is 0 Å². The Bertz CT molecular complexity index is 724. The van der Waals surface area contributed by atoms with E-state index in [-0.39, 0.29) is 5.41 Å². The van der Waals surface area contributed by atoms with E-state index in [0.29, 0.717) is 17.6 Å². The highest BCUT2D eigenvalue weighted by Gasteiger charge is 2.49. The van der Waals surface area contributed by atoms with E-state index in [4.69, 9.17) is 4.79 Å². The number of carbonyl (C=O) groups is 3. The van der Waals surface area contributed by atoms with Gasteiger partial charge in [0, 0.05) is 18.3 Å². The summed E-state index contributed by atoms with van der Waals surface area (Å²) in [6.07, 6.45) is 14.6. The van der Waals surface area contributed by atoms with E-state index < -0.39 is 0 Å². The van der Waals surface area contributed by atoms with Gasteiger partial charge < -0.3 is 9.59 Å². The average Bonchev–Trinajstić information content (AvgIpc) is 2.98. The molecule has 4 aliphatic carbocycles. The van der Waals surface area contributed by atoms with Crippen molar-refractivity contribution in [1.29, 1.82) is 0 Å². The fraction of sp³-hybridized carbons (Fsp3) is 0.640. The number of hydrogen-bond donors (Lipinski definition) is 0. The zero-order valence-corrected chi connectivity index (χ0v) is 18.3. The molecule has 0 saturated heterocycles. The highest BCUT2D eigenvalue weighted by molar-refractivity contribution is 5.92. The first kappa shape index (κ1) is 22.5. The first-order valence-electron chi connectivity index (χ1n) is 10.8. The summed E-state index contributed by atoms with van der Waals surface area (Å²) < 4.78 is 0. The topological polar surface area (TPSA) is 51.2 Å². The molecule has 0 radical (unpaired) electrons. The number of fused-ring (bicyclic) bond motifs is 4. The van der Waals surface area contributed by atoms with E-state index in [1.165, 1.54) is 31.8 Å². The zero-order valence-electron chi connectivity index (χ0n) is 18.3. The van der Waals surface area contributed by atoms with Crippen LogP contribution < -0.4 is 0 Å². The summed E-state index contributed by atoms with van der Waals surface area (Å²) in [6, 6.07) is 0. The summed E-state index contributed by atoms with van der Waals surface area (Å²) in [5, 5.41) is 0. The third kappa shape index (κ3) is 3.99. The van der Waals surface area contributed by atoms with Crippen LogP contribution in [0.4, 0.5) is 0 Å². The Morgan fingerprint density at radius 2 is 1.75 bits per heavy atom. The molecule has 3 heteroatoms. The summed E-state index contributed by atoms with van der Waals surface area (Å²) in [5.74, 6) is 1.14. The second-order valence-corrected chi connectivity index (χ2v) is 8.91. The van der Waals surface area contributed by atoms with Crippen molar-refractivity contribution in [3.8, 4) is 0 Å². The minimum atomic E-state index is 0.190. The van der Waals surface area contributed by atoms with Crippen molar-refractivity contribution in [3.05, 3.63) is 34.4 Å². The molecule has 154 valence electrons. The minimum Gasteiger partial charge on any atom is -0.304 e. The normalized spacial score (nSPS) is 32.9. The second kappa shape index (κ2) is 9.15. The highest BCUT2D eigenvalue weighted by Crippen LogP contribution is 2.61. The van der Waals surface area contributed by atoms with Crippen molar-refractivity contribution in [2.24, 2.45) is 16.7 Å². The van der Waals surface area contributed by atoms with E-state index in [9.17, 15) is 9.59 Å². The molecule has 4 rings (SSSR count). The molecule has 28 heavy (non-hydrogen) atoms. The van der Waals surface area contributed by atoms with Crippen molar-refractivity contribution >= 4 is 18.4 Å². The maximum atomic E-state index is 11.8. The summed E-state index contributed by atoms with van der Waals surface area (Å²) >= 11 is 0. The van der Waals surface area contributed by atoms with Crippen molar-refractivity contribution in [1.82, 2.24) is 0 Å². The van der Waals surface area contributed by atoms with Gasteiger partial charge in [-0.15, -0.1) is 0 Å². The molecular weight excluding hydrogens is 348 g/mol. The average molecular weight is 385 g/mol. The predicted octanol–water partition coefficient (Wildman–Crippen LogP) is 5.94. The number of allylic oxidation sites excluding steroid dienone is 6. The molecule has 3 unspecified atom stereocenters. The van der Waals surface area contributed by atoms with Gasteiger partial charge in [0.25, 0.3) is 0 Å². The van der Waals surface area contributed by atoms with Crippen molar-refractivity contribution in [3.63, 3.8) is 0 Å². The molecule has 3 nitrogen and oxygen atoms in total. The maximum Gasteiger partial charge on any atom is 0.155 e. The Morgan fingerprint density at radius 1 is 1.11 bits per heavy atom. The molecule has 0 aromatic heterocycles. The Balaban J connectivity index is 0.000000351. The van der Waals surface area contributed by atoms with Gasteiger partial charge >= 0.3 is 0 Å². The molecule has 0 aliphatic heterocycles. The van der Waals surface area contributed by atoms with Crippen LogP contribution in [-0.4, -0.2) is 18.4 Å².